The minimum Gasteiger partial charge on any atom is -0.459 e. The molecule has 0 saturated heterocycles. The summed E-state index contributed by atoms with van der Waals surface area (Å²) in [6.45, 7) is -0.244. The molecule has 0 aliphatic heterocycles. The second kappa shape index (κ2) is 17.1. The SMILES string of the molecule is O=C1C(=Cc2cc3c(s2)-c2sc4c(sc5cc(C=C6C(=O)c7cc8cc9ccccc9cc8cc7C6=O)sc54)c2C3(C(=O)OCc2ccccc2)C(=O)OCc2ccccc2)C(=O)c2cc3cc4ccccc4cc3cc21. The van der Waals surface area contributed by atoms with Crippen molar-refractivity contribution >= 4 is 154 Å². The third kappa shape index (κ3) is 6.92. The van der Waals surface area contributed by atoms with Crippen LogP contribution in [-0.4, -0.2) is 35.1 Å². The van der Waals surface area contributed by atoms with Crippen LogP contribution in [0.1, 0.15) is 73.4 Å². The molecule has 8 nitrogen and oxygen atoms in total. The van der Waals surface area contributed by atoms with Gasteiger partial charge in [0.25, 0.3) is 0 Å². The number of ether oxygens (including phenoxy) is 2. The second-order valence-electron chi connectivity index (χ2n) is 19.5. The summed E-state index contributed by atoms with van der Waals surface area (Å²) in [7, 11) is 0. The number of esters is 2. The number of ketones is 4. The van der Waals surface area contributed by atoms with E-state index in [0.29, 0.717) is 57.6 Å². The van der Waals surface area contributed by atoms with Gasteiger partial charge in [0.2, 0.25) is 5.41 Å². The molecule has 15 rings (SSSR count). The molecule has 12 aromatic rings. The molecule has 0 atom stereocenters. The molecule has 0 unspecified atom stereocenters. The molecule has 4 aromatic heterocycles. The topological polar surface area (TPSA) is 121 Å². The normalized spacial score (nSPS) is 14.3. The lowest BCUT2D eigenvalue weighted by Gasteiger charge is -2.26. The largest absolute Gasteiger partial charge is 0.459 e. The average Bonchev–Trinajstić information content (AvgIpc) is 4.37. The first-order valence-electron chi connectivity index (χ1n) is 24.7. The zero-order valence-electron chi connectivity index (χ0n) is 40.1. The van der Waals surface area contributed by atoms with Gasteiger partial charge in [-0.25, -0.2) is 0 Å². The molecule has 0 radical (unpaired) electrons. The van der Waals surface area contributed by atoms with Gasteiger partial charge in [-0.2, -0.15) is 0 Å². The number of carbonyl (C=O) groups is 6. The Bertz CT molecular complexity index is 4550. The molecule has 8 aromatic carbocycles. The van der Waals surface area contributed by atoms with Crippen LogP contribution in [0.25, 0.3) is 83.8 Å². The van der Waals surface area contributed by atoms with E-state index in [2.05, 4.69) is 0 Å². The van der Waals surface area contributed by atoms with E-state index in [4.69, 9.17) is 9.47 Å². The number of fused-ring (bicyclic) bond motifs is 13. The van der Waals surface area contributed by atoms with Crippen LogP contribution in [0.3, 0.4) is 0 Å². The first kappa shape index (κ1) is 45.6. The first-order valence-corrected chi connectivity index (χ1v) is 28.0. The maximum Gasteiger partial charge on any atom is 0.333 e. The van der Waals surface area contributed by atoms with Crippen LogP contribution in [0.4, 0.5) is 0 Å². The van der Waals surface area contributed by atoms with Crippen molar-refractivity contribution < 1.29 is 38.2 Å². The van der Waals surface area contributed by atoms with E-state index >= 15 is 9.59 Å². The van der Waals surface area contributed by atoms with Gasteiger partial charge in [0.05, 0.1) is 35.0 Å². The average molecular weight is 1070 g/mol. The molecule has 0 spiro atoms. The molecule has 0 N–H and O–H groups in total. The van der Waals surface area contributed by atoms with E-state index in [1.165, 1.54) is 45.3 Å². The zero-order valence-corrected chi connectivity index (χ0v) is 43.4. The summed E-state index contributed by atoms with van der Waals surface area (Å²) in [5, 5.41) is 7.57. The monoisotopic (exact) mass is 1070 g/mol. The Morgan fingerprint density at radius 2 is 0.818 bits per heavy atom. The van der Waals surface area contributed by atoms with Crippen molar-refractivity contribution in [3.8, 4) is 9.75 Å². The van der Waals surface area contributed by atoms with Crippen molar-refractivity contribution in [1.82, 2.24) is 0 Å². The lowest BCUT2D eigenvalue weighted by molar-refractivity contribution is -0.164. The molecule has 366 valence electrons. The van der Waals surface area contributed by atoms with Crippen LogP contribution >= 0.6 is 45.3 Å². The first-order chi connectivity index (χ1) is 37.6. The maximum atomic E-state index is 15.5. The van der Waals surface area contributed by atoms with Gasteiger partial charge in [-0.15, -0.1) is 45.3 Å². The number of thiophene rings is 4. The van der Waals surface area contributed by atoms with Gasteiger partial charge in [-0.05, 0) is 127 Å². The van der Waals surface area contributed by atoms with Crippen molar-refractivity contribution in [3.63, 3.8) is 0 Å². The Hall–Kier alpha value is -8.78. The minimum absolute atomic E-state index is 0.0119. The molecular formula is C65H34O8S4. The fourth-order valence-electron chi connectivity index (χ4n) is 11.3. The Morgan fingerprint density at radius 3 is 1.26 bits per heavy atom. The zero-order chi connectivity index (χ0) is 51.8. The number of allylic oxidation sites excluding steroid dienone is 2. The summed E-state index contributed by atoms with van der Waals surface area (Å²) in [4.78, 5) is 90.2. The molecule has 0 saturated carbocycles. The molecule has 0 bridgehead atoms. The summed E-state index contributed by atoms with van der Waals surface area (Å²) in [5.74, 6) is -3.10. The van der Waals surface area contributed by atoms with Crippen LogP contribution in [0.2, 0.25) is 0 Å². The van der Waals surface area contributed by atoms with Gasteiger partial charge in [0, 0.05) is 47.8 Å². The van der Waals surface area contributed by atoms with E-state index in [1.807, 2.05) is 152 Å². The summed E-state index contributed by atoms with van der Waals surface area (Å²) in [5.41, 5.74) is 1.61. The third-order valence-electron chi connectivity index (χ3n) is 15.0. The van der Waals surface area contributed by atoms with Crippen molar-refractivity contribution in [1.29, 1.82) is 0 Å². The van der Waals surface area contributed by atoms with Gasteiger partial charge in [-0.3, -0.25) is 28.8 Å². The Balaban J connectivity index is 0.862. The second-order valence-corrected chi connectivity index (χ2v) is 23.7. The Labute approximate surface area is 453 Å². The smallest absolute Gasteiger partial charge is 0.333 e. The highest BCUT2D eigenvalue weighted by molar-refractivity contribution is 7.40. The third-order valence-corrected chi connectivity index (χ3v) is 20.1. The lowest BCUT2D eigenvalue weighted by atomic mass is 9.79. The van der Waals surface area contributed by atoms with Crippen molar-refractivity contribution in [2.24, 2.45) is 0 Å². The van der Waals surface area contributed by atoms with E-state index in [-0.39, 0.29) is 35.9 Å². The minimum atomic E-state index is -2.12. The molecule has 3 aliphatic rings. The standard InChI is InChI=1S/C65H34O8S4/c66-54-45-23-39-19-35-15-7-8-16-36(35)20-40(39)24-46(45)55(67)49(54)27-43-29-51-58(74-43)60-53(65(51,63(70)72-31-33-11-3-1-4-12-33)64(71)73-32-34-13-5-2-6-14-34)61-62(77-60)59-52(76-61)30-44(75-59)28-50-56(68)47-25-41-21-37-17-9-10-18-38(37)22-42(41)26-48(47)57(50)69/h1-30H,31-32H2. The van der Waals surface area contributed by atoms with E-state index < -0.39 is 28.9 Å². The Kier molecular flexibility index (Phi) is 10.1. The number of rotatable bonds is 8. The Morgan fingerprint density at radius 1 is 0.403 bits per heavy atom. The van der Waals surface area contributed by atoms with Gasteiger partial charge < -0.3 is 9.47 Å². The van der Waals surface area contributed by atoms with Crippen molar-refractivity contribution in [2.75, 3.05) is 0 Å². The molecule has 3 aliphatic carbocycles. The predicted octanol–water partition coefficient (Wildman–Crippen LogP) is 15.5. The van der Waals surface area contributed by atoms with Crippen molar-refractivity contribution in [3.05, 3.63) is 235 Å². The quantitative estimate of drug-likeness (QED) is 0.0485. The predicted molar refractivity (Wildman–Crippen MR) is 308 cm³/mol. The van der Waals surface area contributed by atoms with Crippen LogP contribution in [0.5, 0.6) is 0 Å². The van der Waals surface area contributed by atoms with Gasteiger partial charge >= 0.3 is 11.9 Å². The number of benzene rings is 8. The van der Waals surface area contributed by atoms with Gasteiger partial charge in [0.1, 0.15) is 13.2 Å². The number of Topliss-reactive ketones (excluding diaryl/α,β-unsaturated/α-hetero) is 4. The van der Waals surface area contributed by atoms with Gasteiger partial charge in [0.15, 0.2) is 23.1 Å². The van der Waals surface area contributed by atoms with E-state index in [0.717, 1.165) is 68.3 Å². The number of hydrogen-bond acceptors (Lipinski definition) is 12. The summed E-state index contributed by atoms with van der Waals surface area (Å²) < 4.78 is 15.7. The van der Waals surface area contributed by atoms with Crippen LogP contribution in [0.15, 0.2) is 181 Å². The molecular weight excluding hydrogens is 1040 g/mol. The highest BCUT2D eigenvalue weighted by Crippen LogP contribution is 2.62. The van der Waals surface area contributed by atoms with E-state index in [1.54, 1.807) is 30.4 Å². The van der Waals surface area contributed by atoms with Crippen LogP contribution in [0, 0.1) is 0 Å². The van der Waals surface area contributed by atoms with Crippen molar-refractivity contribution in [2.45, 2.75) is 18.6 Å². The highest BCUT2D eigenvalue weighted by Gasteiger charge is 2.61. The molecule has 12 heteroatoms. The molecule has 77 heavy (non-hydrogen) atoms. The van der Waals surface area contributed by atoms with Crippen LogP contribution in [-0.2, 0) is 37.7 Å². The fourth-order valence-corrected chi connectivity index (χ4v) is 16.9. The number of hydrogen-bond donors (Lipinski definition) is 0. The highest BCUT2D eigenvalue weighted by atomic mass is 32.1. The molecule has 0 fully saturated rings. The summed E-state index contributed by atoms with van der Waals surface area (Å²) in [6, 6.07) is 53.4. The van der Waals surface area contributed by atoms with E-state index in [9.17, 15) is 19.2 Å². The summed E-state index contributed by atoms with van der Waals surface area (Å²) >= 11 is 5.57. The molecule has 0 amide bonds. The lowest BCUT2D eigenvalue weighted by Crippen LogP contribution is -2.45. The fraction of sp³-hybridized carbons (Fsp3) is 0.0462. The van der Waals surface area contributed by atoms with Gasteiger partial charge in [-0.1, -0.05) is 109 Å². The van der Waals surface area contributed by atoms with Crippen LogP contribution < -0.4 is 0 Å². The number of carbonyl (C=O) groups excluding carboxylic acids is 6. The molecule has 4 heterocycles. The summed E-state index contributed by atoms with van der Waals surface area (Å²) in [6.07, 6.45) is 3.25. The maximum absolute atomic E-state index is 15.5.